The van der Waals surface area contributed by atoms with E-state index < -0.39 is 0 Å². The minimum atomic E-state index is 0. The number of carbonyl (C=O) groups is 1. The van der Waals surface area contributed by atoms with Crippen LogP contribution in [0.15, 0.2) is 29.3 Å². The maximum Gasteiger partial charge on any atom is 0.220 e. The van der Waals surface area contributed by atoms with Gasteiger partial charge in [-0.1, -0.05) is 31.2 Å². The van der Waals surface area contributed by atoms with Gasteiger partial charge in [0.15, 0.2) is 5.96 Å². The van der Waals surface area contributed by atoms with E-state index in [9.17, 15) is 4.79 Å². The van der Waals surface area contributed by atoms with Crippen LogP contribution in [0.2, 0.25) is 0 Å². The fourth-order valence-electron chi connectivity index (χ4n) is 4.63. The SMILES string of the molecule is CCNC(=NCc1ccccc1CN1CCC(C)CC1)N1CCC(CC(=O)NC)CC1.I. The molecule has 2 fully saturated rings. The second-order valence-electron chi connectivity index (χ2n) is 9.21. The fraction of sp³-hybridized carbons (Fsp3) is 0.680. The largest absolute Gasteiger partial charge is 0.359 e. The van der Waals surface area contributed by atoms with Gasteiger partial charge < -0.3 is 15.5 Å². The summed E-state index contributed by atoms with van der Waals surface area (Å²) in [7, 11) is 1.72. The molecule has 0 unspecified atom stereocenters. The zero-order chi connectivity index (χ0) is 22.1. The van der Waals surface area contributed by atoms with Crippen LogP contribution in [-0.4, -0.2) is 61.4 Å². The quantitative estimate of drug-likeness (QED) is 0.305. The zero-order valence-electron chi connectivity index (χ0n) is 20.1. The molecule has 0 bridgehead atoms. The van der Waals surface area contributed by atoms with Gasteiger partial charge in [-0.2, -0.15) is 0 Å². The highest BCUT2D eigenvalue weighted by Gasteiger charge is 2.23. The van der Waals surface area contributed by atoms with E-state index in [1.54, 1.807) is 7.05 Å². The van der Waals surface area contributed by atoms with Crippen molar-refractivity contribution in [3.63, 3.8) is 0 Å². The Kier molecular flexibility index (Phi) is 11.8. The molecule has 6 nitrogen and oxygen atoms in total. The predicted octanol–water partition coefficient (Wildman–Crippen LogP) is 3.85. The van der Waals surface area contributed by atoms with Gasteiger partial charge in [0.2, 0.25) is 5.91 Å². The molecule has 1 aromatic rings. The Morgan fingerprint density at radius 2 is 1.72 bits per heavy atom. The monoisotopic (exact) mass is 555 g/mol. The number of benzene rings is 1. The Balaban J connectivity index is 0.00000363. The van der Waals surface area contributed by atoms with Crippen LogP contribution < -0.4 is 10.6 Å². The van der Waals surface area contributed by atoms with Crippen molar-refractivity contribution in [2.45, 2.75) is 59.0 Å². The van der Waals surface area contributed by atoms with E-state index in [1.807, 2.05) is 0 Å². The number of nitrogens with one attached hydrogen (secondary N) is 2. The predicted molar refractivity (Wildman–Crippen MR) is 143 cm³/mol. The van der Waals surface area contributed by atoms with Crippen LogP contribution in [0.25, 0.3) is 0 Å². The van der Waals surface area contributed by atoms with Gasteiger partial charge in [0, 0.05) is 39.6 Å². The Hall–Kier alpha value is -1.35. The van der Waals surface area contributed by atoms with Crippen LogP contribution in [0.5, 0.6) is 0 Å². The van der Waals surface area contributed by atoms with Gasteiger partial charge in [-0.25, -0.2) is 4.99 Å². The molecular weight excluding hydrogens is 513 g/mol. The standard InChI is InChI=1S/C25H41N5O.HI/c1-4-27-25(30-15-11-21(12-16-30)17-24(31)26-3)28-18-22-7-5-6-8-23(22)19-29-13-9-20(2)10-14-29;/h5-8,20-21H,4,9-19H2,1-3H3,(H,26,31)(H,27,28);1H. The first-order valence-electron chi connectivity index (χ1n) is 12.1. The number of nitrogens with zero attached hydrogens (tertiary/aromatic N) is 3. The average molecular weight is 556 g/mol. The third-order valence-corrected chi connectivity index (χ3v) is 6.79. The molecule has 180 valence electrons. The van der Waals surface area contributed by atoms with Gasteiger partial charge >= 0.3 is 0 Å². The molecule has 2 heterocycles. The summed E-state index contributed by atoms with van der Waals surface area (Å²) in [5.74, 6) is 2.49. The molecular formula is C25H42IN5O. The highest BCUT2D eigenvalue weighted by Crippen LogP contribution is 2.22. The maximum absolute atomic E-state index is 11.7. The topological polar surface area (TPSA) is 60.0 Å². The van der Waals surface area contributed by atoms with E-state index in [1.165, 1.54) is 37.1 Å². The van der Waals surface area contributed by atoms with E-state index in [2.05, 4.69) is 58.5 Å². The summed E-state index contributed by atoms with van der Waals surface area (Å²) in [4.78, 5) is 21.6. The summed E-state index contributed by atoms with van der Waals surface area (Å²) in [5.41, 5.74) is 2.73. The lowest BCUT2D eigenvalue weighted by Crippen LogP contribution is -2.46. The molecule has 2 aliphatic heterocycles. The van der Waals surface area contributed by atoms with Gasteiger partial charge in [-0.3, -0.25) is 9.69 Å². The third kappa shape index (κ3) is 8.21. The highest BCUT2D eigenvalue weighted by molar-refractivity contribution is 14.0. The molecule has 0 atom stereocenters. The molecule has 2 N–H and O–H groups in total. The van der Waals surface area contributed by atoms with Gasteiger partial charge in [0.25, 0.3) is 0 Å². The lowest BCUT2D eigenvalue weighted by molar-refractivity contribution is -0.121. The molecule has 1 amide bonds. The molecule has 0 saturated carbocycles. The second kappa shape index (κ2) is 14.0. The first-order valence-corrected chi connectivity index (χ1v) is 12.1. The molecule has 2 aliphatic rings. The van der Waals surface area contributed by atoms with E-state index in [4.69, 9.17) is 4.99 Å². The summed E-state index contributed by atoms with van der Waals surface area (Å²) in [6, 6.07) is 8.77. The molecule has 1 aromatic carbocycles. The van der Waals surface area contributed by atoms with Crippen molar-refractivity contribution in [3.05, 3.63) is 35.4 Å². The Morgan fingerprint density at radius 1 is 1.06 bits per heavy atom. The van der Waals surface area contributed by atoms with Gasteiger partial charge in [-0.15, -0.1) is 24.0 Å². The lowest BCUT2D eigenvalue weighted by Gasteiger charge is -2.34. The summed E-state index contributed by atoms with van der Waals surface area (Å²) in [6.07, 6.45) is 5.34. The number of carbonyl (C=O) groups excluding carboxylic acids is 1. The maximum atomic E-state index is 11.7. The third-order valence-electron chi connectivity index (χ3n) is 6.79. The van der Waals surface area contributed by atoms with Crippen molar-refractivity contribution < 1.29 is 4.79 Å². The number of guanidine groups is 1. The highest BCUT2D eigenvalue weighted by atomic mass is 127. The van der Waals surface area contributed by atoms with Crippen LogP contribution in [0, 0.1) is 11.8 Å². The van der Waals surface area contributed by atoms with E-state index >= 15 is 0 Å². The average Bonchev–Trinajstić information content (AvgIpc) is 2.79. The lowest BCUT2D eigenvalue weighted by atomic mass is 9.93. The molecule has 0 spiro atoms. The summed E-state index contributed by atoms with van der Waals surface area (Å²) < 4.78 is 0. The number of halogens is 1. The minimum Gasteiger partial charge on any atom is -0.359 e. The van der Waals surface area contributed by atoms with Crippen LogP contribution in [0.4, 0.5) is 0 Å². The first-order chi connectivity index (χ1) is 15.1. The number of amides is 1. The Labute approximate surface area is 211 Å². The van der Waals surface area contributed by atoms with Crippen LogP contribution in [0.1, 0.15) is 57.1 Å². The minimum absolute atomic E-state index is 0. The van der Waals surface area contributed by atoms with Crippen molar-refractivity contribution >= 4 is 35.8 Å². The van der Waals surface area contributed by atoms with E-state index in [0.717, 1.165) is 50.9 Å². The first kappa shape index (κ1) is 26.9. The van der Waals surface area contributed by atoms with Crippen molar-refractivity contribution in [3.8, 4) is 0 Å². The van der Waals surface area contributed by atoms with E-state index in [-0.39, 0.29) is 29.9 Å². The van der Waals surface area contributed by atoms with Crippen LogP contribution in [-0.2, 0) is 17.9 Å². The number of hydrogen-bond donors (Lipinski definition) is 2. The Morgan fingerprint density at radius 3 is 2.34 bits per heavy atom. The van der Waals surface area contributed by atoms with Gasteiger partial charge in [0.1, 0.15) is 0 Å². The van der Waals surface area contributed by atoms with Crippen molar-refractivity contribution in [2.75, 3.05) is 39.8 Å². The summed E-state index contributed by atoms with van der Waals surface area (Å²) >= 11 is 0. The Bertz CT molecular complexity index is 725. The zero-order valence-corrected chi connectivity index (χ0v) is 22.4. The fourth-order valence-corrected chi connectivity index (χ4v) is 4.63. The normalized spacial score (nSPS) is 18.8. The second-order valence-corrected chi connectivity index (χ2v) is 9.21. The molecule has 32 heavy (non-hydrogen) atoms. The molecule has 3 rings (SSSR count). The smallest absolute Gasteiger partial charge is 0.220 e. The number of hydrogen-bond acceptors (Lipinski definition) is 3. The van der Waals surface area contributed by atoms with E-state index in [0.29, 0.717) is 18.9 Å². The van der Waals surface area contributed by atoms with Crippen molar-refractivity contribution in [1.82, 2.24) is 20.4 Å². The van der Waals surface area contributed by atoms with Crippen LogP contribution >= 0.6 is 24.0 Å². The molecule has 2 saturated heterocycles. The summed E-state index contributed by atoms with van der Waals surface area (Å²) in [6.45, 7) is 11.4. The molecule has 0 radical (unpaired) electrons. The van der Waals surface area contributed by atoms with Crippen molar-refractivity contribution in [2.24, 2.45) is 16.8 Å². The molecule has 0 aliphatic carbocycles. The number of piperidine rings is 2. The van der Waals surface area contributed by atoms with Gasteiger partial charge in [0.05, 0.1) is 6.54 Å². The number of aliphatic imine (C=N–C) groups is 1. The summed E-state index contributed by atoms with van der Waals surface area (Å²) in [5, 5.41) is 6.23. The molecule has 7 heteroatoms. The van der Waals surface area contributed by atoms with Crippen molar-refractivity contribution in [1.29, 1.82) is 0 Å². The van der Waals surface area contributed by atoms with Crippen LogP contribution in [0.3, 0.4) is 0 Å². The molecule has 0 aromatic heterocycles. The number of rotatable bonds is 7. The number of likely N-dealkylation sites (tertiary alicyclic amines) is 2. The van der Waals surface area contributed by atoms with Gasteiger partial charge in [-0.05, 0) is 68.7 Å².